The van der Waals surface area contributed by atoms with Crippen molar-refractivity contribution in [3.63, 3.8) is 0 Å². The average Bonchev–Trinajstić information content (AvgIpc) is 3.08. The highest BCUT2D eigenvalue weighted by atomic mass is 32.2. The van der Waals surface area contributed by atoms with Gasteiger partial charge in [-0.3, -0.25) is 15.0 Å². The molecule has 22 heavy (non-hydrogen) atoms. The molecule has 0 spiro atoms. The Hall–Kier alpha value is -2.16. The van der Waals surface area contributed by atoms with Gasteiger partial charge in [-0.25, -0.2) is 13.1 Å². The molecule has 0 aliphatic carbocycles. The maximum Gasteiger partial charge on any atom is 0.242 e. The maximum atomic E-state index is 12.2. The van der Waals surface area contributed by atoms with Crippen LogP contribution in [0.3, 0.4) is 0 Å². The highest BCUT2D eigenvalue weighted by molar-refractivity contribution is 7.89. The highest BCUT2D eigenvalue weighted by Gasteiger charge is 2.16. The Morgan fingerprint density at radius 1 is 1.09 bits per heavy atom. The molecular weight excluding hydrogens is 320 g/mol. The molecule has 3 aromatic rings. The van der Waals surface area contributed by atoms with Crippen LogP contribution in [0.4, 0.5) is 0 Å². The first kappa shape index (κ1) is 14.8. The first-order valence-corrected chi connectivity index (χ1v) is 8.76. The number of pyridine rings is 1. The third-order valence-corrected chi connectivity index (χ3v) is 5.17. The monoisotopic (exact) mass is 332 g/mol. The number of sulfonamides is 1. The minimum Gasteiger partial charge on any atom is -0.263 e. The second kappa shape index (κ2) is 6.30. The van der Waals surface area contributed by atoms with Crippen molar-refractivity contribution in [3.8, 4) is 10.6 Å². The molecule has 0 radical (unpaired) electrons. The SMILES string of the molecule is O=S(=O)(NCc1nccnc1-c1cccs1)c1cccnc1. The van der Waals surface area contributed by atoms with Crippen molar-refractivity contribution in [1.82, 2.24) is 19.7 Å². The van der Waals surface area contributed by atoms with Crippen molar-refractivity contribution in [2.75, 3.05) is 0 Å². The van der Waals surface area contributed by atoms with Crippen molar-refractivity contribution in [1.29, 1.82) is 0 Å². The lowest BCUT2D eigenvalue weighted by molar-refractivity contribution is 0.580. The van der Waals surface area contributed by atoms with Crippen LogP contribution < -0.4 is 4.72 Å². The fourth-order valence-corrected chi connectivity index (χ4v) is 3.56. The van der Waals surface area contributed by atoms with E-state index in [1.807, 2.05) is 17.5 Å². The zero-order chi connectivity index (χ0) is 15.4. The Balaban J connectivity index is 1.83. The van der Waals surface area contributed by atoms with Crippen LogP contribution >= 0.6 is 11.3 Å². The van der Waals surface area contributed by atoms with Crippen LogP contribution in [-0.4, -0.2) is 23.4 Å². The van der Waals surface area contributed by atoms with Gasteiger partial charge in [0.25, 0.3) is 0 Å². The fourth-order valence-electron chi connectivity index (χ4n) is 1.87. The molecule has 0 aromatic carbocycles. The van der Waals surface area contributed by atoms with Crippen LogP contribution in [0, 0.1) is 0 Å². The predicted molar refractivity (Wildman–Crippen MR) is 83.6 cm³/mol. The quantitative estimate of drug-likeness (QED) is 0.773. The molecule has 6 nitrogen and oxygen atoms in total. The smallest absolute Gasteiger partial charge is 0.242 e. The van der Waals surface area contributed by atoms with Gasteiger partial charge in [-0.05, 0) is 23.6 Å². The van der Waals surface area contributed by atoms with Gasteiger partial charge in [0.1, 0.15) is 10.6 Å². The number of aromatic nitrogens is 3. The molecule has 3 rings (SSSR count). The maximum absolute atomic E-state index is 12.2. The molecule has 0 fully saturated rings. The van der Waals surface area contributed by atoms with Crippen LogP contribution in [0.25, 0.3) is 10.6 Å². The van der Waals surface area contributed by atoms with E-state index in [-0.39, 0.29) is 11.4 Å². The summed E-state index contributed by atoms with van der Waals surface area (Å²) in [6.45, 7) is 0.0678. The van der Waals surface area contributed by atoms with Gasteiger partial charge in [0.2, 0.25) is 10.0 Å². The molecule has 3 aromatic heterocycles. The molecule has 0 bridgehead atoms. The van der Waals surface area contributed by atoms with Crippen LogP contribution in [0.15, 0.2) is 59.3 Å². The predicted octanol–water partition coefficient (Wildman–Crippen LogP) is 2.08. The summed E-state index contributed by atoms with van der Waals surface area (Å²) in [6, 6.07) is 6.91. The second-order valence-corrected chi connectivity index (χ2v) is 7.06. The molecule has 0 saturated heterocycles. The minimum absolute atomic E-state index is 0.0678. The van der Waals surface area contributed by atoms with E-state index in [0.29, 0.717) is 11.4 Å². The molecular formula is C14H12N4O2S2. The third-order valence-electron chi connectivity index (χ3n) is 2.90. The third kappa shape index (κ3) is 3.19. The van der Waals surface area contributed by atoms with E-state index in [9.17, 15) is 8.42 Å². The van der Waals surface area contributed by atoms with Crippen LogP contribution in [0.2, 0.25) is 0 Å². The topological polar surface area (TPSA) is 84.8 Å². The molecule has 0 atom stereocenters. The number of nitrogens with zero attached hydrogens (tertiary/aromatic N) is 3. The molecule has 8 heteroatoms. The van der Waals surface area contributed by atoms with Gasteiger partial charge in [-0.15, -0.1) is 11.3 Å². The molecule has 1 N–H and O–H groups in total. The van der Waals surface area contributed by atoms with E-state index in [0.717, 1.165) is 4.88 Å². The Kier molecular flexibility index (Phi) is 4.23. The van der Waals surface area contributed by atoms with Crippen molar-refractivity contribution < 1.29 is 8.42 Å². The van der Waals surface area contributed by atoms with Crippen molar-refractivity contribution in [3.05, 3.63) is 60.1 Å². The molecule has 0 aliphatic heterocycles. The van der Waals surface area contributed by atoms with Gasteiger partial charge in [0, 0.05) is 24.8 Å². The lowest BCUT2D eigenvalue weighted by Gasteiger charge is -2.08. The summed E-state index contributed by atoms with van der Waals surface area (Å²) in [5.41, 5.74) is 1.27. The van der Waals surface area contributed by atoms with E-state index in [1.165, 1.54) is 29.8 Å². The first-order valence-electron chi connectivity index (χ1n) is 6.40. The van der Waals surface area contributed by atoms with Gasteiger partial charge in [-0.1, -0.05) is 6.07 Å². The zero-order valence-electron chi connectivity index (χ0n) is 11.4. The van der Waals surface area contributed by atoms with Gasteiger partial charge in [0.05, 0.1) is 17.1 Å². The van der Waals surface area contributed by atoms with Crippen molar-refractivity contribution in [2.24, 2.45) is 0 Å². The van der Waals surface area contributed by atoms with Gasteiger partial charge < -0.3 is 0 Å². The van der Waals surface area contributed by atoms with Crippen molar-refractivity contribution >= 4 is 21.4 Å². The van der Waals surface area contributed by atoms with E-state index in [4.69, 9.17) is 0 Å². The Morgan fingerprint density at radius 3 is 2.68 bits per heavy atom. The molecule has 0 aliphatic rings. The van der Waals surface area contributed by atoms with Crippen LogP contribution in [0.1, 0.15) is 5.69 Å². The summed E-state index contributed by atoms with van der Waals surface area (Å²) >= 11 is 1.53. The Morgan fingerprint density at radius 2 is 1.95 bits per heavy atom. The molecule has 3 heterocycles. The summed E-state index contributed by atoms with van der Waals surface area (Å²) in [5.74, 6) is 0. The number of thiophene rings is 1. The normalized spacial score (nSPS) is 11.5. The van der Waals surface area contributed by atoms with E-state index in [1.54, 1.807) is 18.5 Å². The lowest BCUT2D eigenvalue weighted by atomic mass is 10.2. The van der Waals surface area contributed by atoms with Crippen LogP contribution in [-0.2, 0) is 16.6 Å². The molecule has 0 amide bonds. The molecule has 0 saturated carbocycles. The Bertz CT molecular complexity index is 850. The van der Waals surface area contributed by atoms with Gasteiger partial charge >= 0.3 is 0 Å². The van der Waals surface area contributed by atoms with Gasteiger partial charge in [-0.2, -0.15) is 0 Å². The number of hydrogen-bond acceptors (Lipinski definition) is 6. The fraction of sp³-hybridized carbons (Fsp3) is 0.0714. The number of hydrogen-bond donors (Lipinski definition) is 1. The highest BCUT2D eigenvalue weighted by Crippen LogP contribution is 2.24. The second-order valence-electron chi connectivity index (χ2n) is 4.34. The standard InChI is InChI=1S/C14H12N4O2S2/c19-22(20,11-3-1-5-15-9-11)18-10-12-14(17-7-6-16-12)13-4-2-8-21-13/h1-9,18H,10H2. The summed E-state index contributed by atoms with van der Waals surface area (Å²) < 4.78 is 26.9. The lowest BCUT2D eigenvalue weighted by Crippen LogP contribution is -2.24. The summed E-state index contributed by atoms with van der Waals surface area (Å²) in [6.07, 6.45) is 5.97. The van der Waals surface area contributed by atoms with E-state index in [2.05, 4.69) is 19.7 Å². The van der Waals surface area contributed by atoms with Gasteiger partial charge in [0.15, 0.2) is 0 Å². The minimum atomic E-state index is -3.62. The summed E-state index contributed by atoms with van der Waals surface area (Å²) in [5, 5.41) is 1.94. The molecule has 0 unspecified atom stereocenters. The average molecular weight is 332 g/mol. The summed E-state index contributed by atoms with van der Waals surface area (Å²) in [7, 11) is -3.62. The zero-order valence-corrected chi connectivity index (χ0v) is 13.0. The largest absolute Gasteiger partial charge is 0.263 e. The number of nitrogens with one attached hydrogen (secondary N) is 1. The van der Waals surface area contributed by atoms with E-state index < -0.39 is 10.0 Å². The first-order chi connectivity index (χ1) is 10.7. The Labute approximate surface area is 132 Å². The summed E-state index contributed by atoms with van der Waals surface area (Å²) in [4.78, 5) is 13.4. The molecule has 112 valence electrons. The van der Waals surface area contributed by atoms with E-state index >= 15 is 0 Å². The number of rotatable bonds is 5. The van der Waals surface area contributed by atoms with Crippen molar-refractivity contribution in [2.45, 2.75) is 11.4 Å². The van der Waals surface area contributed by atoms with Crippen LogP contribution in [0.5, 0.6) is 0 Å².